The van der Waals surface area contributed by atoms with Crippen molar-refractivity contribution in [2.24, 2.45) is 0 Å². The van der Waals surface area contributed by atoms with E-state index in [0.717, 1.165) is 0 Å². The van der Waals surface area contributed by atoms with E-state index in [1.807, 2.05) is 0 Å². The van der Waals surface area contributed by atoms with Gasteiger partial charge in [0.15, 0.2) is 0 Å². The molecule has 86 valence electrons. The second-order valence-electron chi connectivity index (χ2n) is 3.15. The number of hydrogen-bond acceptors (Lipinski definition) is 5. The molecule has 1 rings (SSSR count). The molecule has 0 spiro atoms. The maximum Gasteiger partial charge on any atom is 0.328 e. The molecule has 1 fully saturated rings. The van der Waals surface area contributed by atoms with Gasteiger partial charge >= 0.3 is 5.97 Å². The zero-order valence-electron chi connectivity index (χ0n) is 8.10. The summed E-state index contributed by atoms with van der Waals surface area (Å²) in [5.74, 6) is -1.79. The number of hydrogen-bond donors (Lipinski definition) is 4. The second kappa shape index (κ2) is 5.64. The first-order valence-electron chi connectivity index (χ1n) is 4.61. The summed E-state index contributed by atoms with van der Waals surface area (Å²) < 4.78 is 5.12. The van der Waals surface area contributed by atoms with Gasteiger partial charge in [0, 0.05) is 13.1 Å². The minimum absolute atomic E-state index is 0.351. The number of morpholine rings is 1. The van der Waals surface area contributed by atoms with Crippen LogP contribution in [0.3, 0.4) is 0 Å². The van der Waals surface area contributed by atoms with Crippen LogP contribution in [0.25, 0.3) is 0 Å². The first-order valence-corrected chi connectivity index (χ1v) is 4.61. The van der Waals surface area contributed by atoms with Gasteiger partial charge in [-0.1, -0.05) is 0 Å². The largest absolute Gasteiger partial charge is 0.480 e. The Morgan fingerprint density at radius 2 is 2.33 bits per heavy atom. The number of carboxylic acid groups (broad SMARTS) is 1. The molecule has 0 bridgehead atoms. The van der Waals surface area contributed by atoms with Crippen LogP contribution in [0.2, 0.25) is 0 Å². The Kier molecular flexibility index (Phi) is 4.47. The van der Waals surface area contributed by atoms with E-state index in [2.05, 4.69) is 10.6 Å². The van der Waals surface area contributed by atoms with Gasteiger partial charge in [-0.3, -0.25) is 4.79 Å². The fourth-order valence-corrected chi connectivity index (χ4v) is 1.18. The molecule has 7 nitrogen and oxygen atoms in total. The highest BCUT2D eigenvalue weighted by Crippen LogP contribution is 1.96. The maximum atomic E-state index is 11.4. The van der Waals surface area contributed by atoms with Crippen molar-refractivity contribution in [3.05, 3.63) is 0 Å². The van der Waals surface area contributed by atoms with Gasteiger partial charge in [-0.25, -0.2) is 4.79 Å². The fraction of sp³-hybridized carbons (Fsp3) is 0.750. The number of rotatable bonds is 4. The van der Waals surface area contributed by atoms with Crippen LogP contribution in [0.15, 0.2) is 0 Å². The molecule has 0 aliphatic carbocycles. The summed E-state index contributed by atoms with van der Waals surface area (Å²) >= 11 is 0. The first-order chi connectivity index (χ1) is 7.15. The van der Waals surface area contributed by atoms with Crippen LogP contribution in [-0.2, 0) is 14.3 Å². The predicted molar refractivity (Wildman–Crippen MR) is 49.3 cm³/mol. The SMILES string of the molecule is O=C(N[C@@H](CO)C(=O)O)C1CNCCO1. The smallest absolute Gasteiger partial charge is 0.328 e. The second-order valence-corrected chi connectivity index (χ2v) is 3.15. The Morgan fingerprint density at radius 3 is 2.80 bits per heavy atom. The lowest BCUT2D eigenvalue weighted by molar-refractivity contribution is -0.146. The van der Waals surface area contributed by atoms with Crippen molar-refractivity contribution in [2.45, 2.75) is 12.1 Å². The highest BCUT2D eigenvalue weighted by atomic mass is 16.5. The molecule has 7 heteroatoms. The Morgan fingerprint density at radius 1 is 1.60 bits per heavy atom. The van der Waals surface area contributed by atoms with E-state index in [4.69, 9.17) is 14.9 Å². The number of ether oxygens (including phenoxy) is 1. The fourth-order valence-electron chi connectivity index (χ4n) is 1.18. The molecule has 1 saturated heterocycles. The lowest BCUT2D eigenvalue weighted by Crippen LogP contribution is -2.53. The van der Waals surface area contributed by atoms with Crippen molar-refractivity contribution in [2.75, 3.05) is 26.3 Å². The quantitative estimate of drug-likeness (QED) is 0.417. The van der Waals surface area contributed by atoms with Crippen molar-refractivity contribution in [3.63, 3.8) is 0 Å². The zero-order chi connectivity index (χ0) is 11.3. The highest BCUT2D eigenvalue weighted by molar-refractivity contribution is 5.86. The molecule has 4 N–H and O–H groups in total. The van der Waals surface area contributed by atoms with Gasteiger partial charge in [-0.15, -0.1) is 0 Å². The summed E-state index contributed by atoms with van der Waals surface area (Å²) in [5, 5.41) is 22.4. The maximum absolute atomic E-state index is 11.4. The molecule has 0 aromatic carbocycles. The molecule has 1 heterocycles. The number of aliphatic hydroxyl groups excluding tert-OH is 1. The summed E-state index contributed by atoms with van der Waals surface area (Å²) in [6.07, 6.45) is -0.688. The highest BCUT2D eigenvalue weighted by Gasteiger charge is 2.26. The molecule has 1 unspecified atom stereocenters. The molecule has 2 atom stereocenters. The zero-order valence-corrected chi connectivity index (χ0v) is 8.10. The number of aliphatic carboxylic acids is 1. The number of aliphatic hydroxyl groups is 1. The minimum atomic E-state index is -1.27. The van der Waals surface area contributed by atoms with Gasteiger partial charge in [0.25, 0.3) is 5.91 Å². The van der Waals surface area contributed by atoms with E-state index < -0.39 is 30.6 Å². The Bertz CT molecular complexity index is 239. The molecule has 15 heavy (non-hydrogen) atoms. The van der Waals surface area contributed by atoms with Crippen LogP contribution in [-0.4, -0.2) is 60.5 Å². The van der Waals surface area contributed by atoms with Crippen LogP contribution in [0.1, 0.15) is 0 Å². The topological polar surface area (TPSA) is 108 Å². The molecule has 0 saturated carbocycles. The summed E-state index contributed by atoms with van der Waals surface area (Å²) in [4.78, 5) is 21.9. The summed E-state index contributed by atoms with van der Waals surface area (Å²) in [6, 6.07) is -1.27. The van der Waals surface area contributed by atoms with Gasteiger partial charge in [0.05, 0.1) is 13.2 Å². The van der Waals surface area contributed by atoms with E-state index in [1.54, 1.807) is 0 Å². The van der Waals surface area contributed by atoms with Gasteiger partial charge in [0.2, 0.25) is 0 Å². The van der Waals surface area contributed by atoms with Crippen molar-refractivity contribution < 1.29 is 24.5 Å². The van der Waals surface area contributed by atoms with Crippen molar-refractivity contribution in [3.8, 4) is 0 Å². The number of amides is 1. The molecular formula is C8H14N2O5. The number of nitrogens with one attached hydrogen (secondary N) is 2. The molecule has 0 radical (unpaired) electrons. The number of carbonyl (C=O) groups is 2. The molecule has 1 aliphatic rings. The molecule has 1 amide bonds. The number of carbonyl (C=O) groups excluding carboxylic acids is 1. The summed E-state index contributed by atoms with van der Waals surface area (Å²) in [6.45, 7) is 0.798. The van der Waals surface area contributed by atoms with E-state index in [1.165, 1.54) is 0 Å². The van der Waals surface area contributed by atoms with Crippen molar-refractivity contribution in [1.29, 1.82) is 0 Å². The van der Waals surface area contributed by atoms with E-state index >= 15 is 0 Å². The Labute approximate surface area is 86.4 Å². The molecule has 0 aromatic rings. The number of carboxylic acids is 1. The van der Waals surface area contributed by atoms with Crippen LogP contribution in [0, 0.1) is 0 Å². The van der Waals surface area contributed by atoms with Crippen molar-refractivity contribution >= 4 is 11.9 Å². The normalized spacial score (nSPS) is 23.1. The van der Waals surface area contributed by atoms with Gasteiger partial charge < -0.3 is 25.6 Å². The van der Waals surface area contributed by atoms with E-state index in [9.17, 15) is 9.59 Å². The van der Waals surface area contributed by atoms with E-state index in [-0.39, 0.29) is 0 Å². The molecular weight excluding hydrogens is 204 g/mol. The molecule has 1 aliphatic heterocycles. The Hall–Kier alpha value is -1.18. The van der Waals surface area contributed by atoms with Gasteiger partial charge in [0.1, 0.15) is 12.1 Å². The van der Waals surface area contributed by atoms with Crippen LogP contribution in [0.5, 0.6) is 0 Å². The lowest BCUT2D eigenvalue weighted by Gasteiger charge is -2.23. The monoisotopic (exact) mass is 218 g/mol. The lowest BCUT2D eigenvalue weighted by atomic mass is 10.2. The third-order valence-electron chi connectivity index (χ3n) is 2.02. The predicted octanol–water partition coefficient (Wildman–Crippen LogP) is -2.46. The van der Waals surface area contributed by atoms with Crippen molar-refractivity contribution in [1.82, 2.24) is 10.6 Å². The first kappa shape index (κ1) is 11.9. The van der Waals surface area contributed by atoms with Crippen LogP contribution >= 0.6 is 0 Å². The van der Waals surface area contributed by atoms with Gasteiger partial charge in [-0.2, -0.15) is 0 Å². The molecule has 0 aromatic heterocycles. The minimum Gasteiger partial charge on any atom is -0.480 e. The third kappa shape index (κ3) is 3.46. The standard InChI is InChI=1S/C8H14N2O5/c11-4-5(8(13)14)10-7(12)6-3-9-1-2-15-6/h5-6,9,11H,1-4H2,(H,10,12)(H,13,14)/t5-,6?/m0/s1. The average molecular weight is 218 g/mol. The Balaban J connectivity index is 2.42. The summed E-state index contributed by atoms with van der Waals surface area (Å²) in [7, 11) is 0. The van der Waals surface area contributed by atoms with Crippen LogP contribution < -0.4 is 10.6 Å². The van der Waals surface area contributed by atoms with Crippen LogP contribution in [0.4, 0.5) is 0 Å². The summed E-state index contributed by atoms with van der Waals surface area (Å²) in [5.41, 5.74) is 0. The average Bonchev–Trinajstić information content (AvgIpc) is 2.26. The third-order valence-corrected chi connectivity index (χ3v) is 2.02. The van der Waals surface area contributed by atoms with Gasteiger partial charge in [-0.05, 0) is 0 Å². The van der Waals surface area contributed by atoms with E-state index in [0.29, 0.717) is 19.7 Å².